The van der Waals surface area contributed by atoms with Crippen molar-refractivity contribution in [2.75, 3.05) is 5.32 Å². The minimum Gasteiger partial charge on any atom is -0.476 e. The predicted octanol–water partition coefficient (Wildman–Crippen LogP) is 2.90. The largest absolute Gasteiger partial charge is 0.476 e. The molecule has 6 nitrogen and oxygen atoms in total. The first-order valence-corrected chi connectivity index (χ1v) is 7.14. The highest BCUT2D eigenvalue weighted by molar-refractivity contribution is 7.09. The highest BCUT2D eigenvalue weighted by Gasteiger charge is 2.16. The molecule has 2 rings (SSSR count). The molecule has 2 N–H and O–H groups in total. The monoisotopic (exact) mass is 302 g/mol. The van der Waals surface area contributed by atoms with Gasteiger partial charge in [0.2, 0.25) is 0 Å². The third-order valence-electron chi connectivity index (χ3n) is 2.92. The lowest BCUT2D eigenvalue weighted by atomic mass is 10.1. The number of thiazole rings is 1. The lowest BCUT2D eigenvalue weighted by Crippen LogP contribution is -2.10. The highest BCUT2D eigenvalue weighted by Crippen LogP contribution is 2.26. The molecule has 7 heteroatoms. The van der Waals surface area contributed by atoms with Crippen LogP contribution in [0.5, 0.6) is 0 Å². The maximum atomic E-state index is 10.9. The molecule has 0 fully saturated rings. The Bertz CT molecular complexity index is 733. The van der Waals surface area contributed by atoms with Gasteiger partial charge in [0, 0.05) is 11.1 Å². The van der Waals surface area contributed by atoms with Gasteiger partial charge in [0.05, 0.1) is 23.0 Å². The average Bonchev–Trinajstić information content (AvgIpc) is 2.88. The fourth-order valence-electron chi connectivity index (χ4n) is 1.96. The van der Waals surface area contributed by atoms with E-state index >= 15 is 0 Å². The summed E-state index contributed by atoms with van der Waals surface area (Å²) in [5.41, 5.74) is 2.68. The van der Waals surface area contributed by atoms with Gasteiger partial charge in [-0.05, 0) is 26.8 Å². The number of nitrogens with one attached hydrogen (secondary N) is 1. The fourth-order valence-corrected chi connectivity index (χ4v) is 2.76. The van der Waals surface area contributed by atoms with Crippen molar-refractivity contribution < 1.29 is 9.90 Å². The van der Waals surface area contributed by atoms with E-state index in [4.69, 9.17) is 5.11 Å². The van der Waals surface area contributed by atoms with Gasteiger partial charge in [-0.25, -0.2) is 9.78 Å². The summed E-state index contributed by atoms with van der Waals surface area (Å²) in [4.78, 5) is 19.2. The normalized spacial score (nSPS) is 11.7. The zero-order valence-corrected chi connectivity index (χ0v) is 12.7. The third kappa shape index (κ3) is 3.17. The van der Waals surface area contributed by atoms with Crippen LogP contribution in [0.15, 0.2) is 11.4 Å². The van der Waals surface area contributed by atoms with Gasteiger partial charge in [-0.3, -0.25) is 4.98 Å². The molecule has 0 saturated carbocycles. The van der Waals surface area contributed by atoms with Gasteiger partial charge in [-0.2, -0.15) is 5.26 Å². The molecule has 0 aliphatic rings. The summed E-state index contributed by atoms with van der Waals surface area (Å²) in [6, 6.07) is 3.74. The molecule has 0 aromatic carbocycles. The number of hydrogen-bond acceptors (Lipinski definition) is 6. The van der Waals surface area contributed by atoms with Gasteiger partial charge in [0.1, 0.15) is 11.1 Å². The van der Waals surface area contributed by atoms with Gasteiger partial charge < -0.3 is 10.4 Å². The maximum absolute atomic E-state index is 10.9. The number of pyridine rings is 1. The van der Waals surface area contributed by atoms with Gasteiger partial charge in [-0.15, -0.1) is 11.3 Å². The van der Waals surface area contributed by atoms with E-state index in [0.29, 0.717) is 22.0 Å². The van der Waals surface area contributed by atoms with Crippen LogP contribution in [0.1, 0.15) is 45.4 Å². The van der Waals surface area contributed by atoms with E-state index in [1.54, 1.807) is 13.0 Å². The number of aromatic nitrogens is 2. The summed E-state index contributed by atoms with van der Waals surface area (Å²) < 4.78 is 0. The van der Waals surface area contributed by atoms with E-state index < -0.39 is 5.97 Å². The summed E-state index contributed by atoms with van der Waals surface area (Å²) in [5, 5.41) is 23.5. The van der Waals surface area contributed by atoms with E-state index in [1.807, 2.05) is 13.8 Å². The topological polar surface area (TPSA) is 98.9 Å². The molecule has 0 aliphatic heterocycles. The van der Waals surface area contributed by atoms with Crippen LogP contribution in [0.25, 0.3) is 0 Å². The van der Waals surface area contributed by atoms with Crippen molar-refractivity contribution in [2.45, 2.75) is 26.8 Å². The van der Waals surface area contributed by atoms with Crippen molar-refractivity contribution in [1.29, 1.82) is 5.26 Å². The number of aromatic carboxylic acids is 1. The van der Waals surface area contributed by atoms with Crippen molar-refractivity contribution in [1.82, 2.24) is 9.97 Å². The Morgan fingerprint density at radius 3 is 2.76 bits per heavy atom. The SMILES string of the molecule is Cc1cc(NC(C)c2nc(C(=O)O)cs2)c(C#N)c(C)n1. The Labute approximate surface area is 126 Å². The molecule has 0 bridgehead atoms. The van der Waals surface area contributed by atoms with E-state index in [2.05, 4.69) is 21.4 Å². The number of carbonyl (C=O) groups is 1. The predicted molar refractivity (Wildman–Crippen MR) is 79.5 cm³/mol. The van der Waals surface area contributed by atoms with Gasteiger partial charge in [0.25, 0.3) is 0 Å². The molecule has 2 aromatic rings. The molecule has 108 valence electrons. The van der Waals surface area contributed by atoms with Crippen molar-refractivity contribution in [3.63, 3.8) is 0 Å². The minimum atomic E-state index is -1.04. The van der Waals surface area contributed by atoms with Crippen molar-refractivity contribution >= 4 is 23.0 Å². The van der Waals surface area contributed by atoms with Crippen LogP contribution in [0.2, 0.25) is 0 Å². The van der Waals surface area contributed by atoms with Crippen LogP contribution < -0.4 is 5.32 Å². The second-order valence-corrected chi connectivity index (χ2v) is 5.52. The van der Waals surface area contributed by atoms with Crippen LogP contribution in [-0.4, -0.2) is 21.0 Å². The summed E-state index contributed by atoms with van der Waals surface area (Å²) in [6.07, 6.45) is 0. The smallest absolute Gasteiger partial charge is 0.355 e. The van der Waals surface area contributed by atoms with Crippen molar-refractivity contribution in [3.8, 4) is 6.07 Å². The Morgan fingerprint density at radius 2 is 2.19 bits per heavy atom. The standard InChI is InChI=1S/C14H14N4O2S/c1-7-4-11(10(5-15)8(2)16-7)17-9(3)13-18-12(6-21-13)14(19)20/h4,6,9H,1-3H3,(H,16,17)(H,19,20). The quantitative estimate of drug-likeness (QED) is 0.901. The van der Waals surface area contributed by atoms with Crippen molar-refractivity contribution in [3.05, 3.63) is 39.1 Å². The number of carboxylic acids is 1. The third-order valence-corrected chi connectivity index (χ3v) is 3.95. The molecule has 1 unspecified atom stereocenters. The van der Waals surface area contributed by atoms with Gasteiger partial charge in [-0.1, -0.05) is 0 Å². The van der Waals surface area contributed by atoms with E-state index in [0.717, 1.165) is 5.69 Å². The lowest BCUT2D eigenvalue weighted by molar-refractivity contribution is 0.0691. The molecular weight excluding hydrogens is 288 g/mol. The number of carboxylic acid groups (broad SMARTS) is 1. The molecule has 1 atom stereocenters. The molecule has 2 aromatic heterocycles. The zero-order valence-electron chi connectivity index (χ0n) is 11.8. The summed E-state index contributed by atoms with van der Waals surface area (Å²) in [5.74, 6) is -1.04. The first-order chi connectivity index (χ1) is 9.92. The molecule has 0 radical (unpaired) electrons. The van der Waals surface area contributed by atoms with E-state index in [1.165, 1.54) is 16.7 Å². The maximum Gasteiger partial charge on any atom is 0.355 e. The molecule has 21 heavy (non-hydrogen) atoms. The number of aryl methyl sites for hydroxylation is 2. The number of rotatable bonds is 4. The molecular formula is C14H14N4O2S. The molecule has 0 spiro atoms. The van der Waals surface area contributed by atoms with E-state index in [-0.39, 0.29) is 11.7 Å². The molecule has 0 amide bonds. The molecule has 0 aliphatic carbocycles. The first-order valence-electron chi connectivity index (χ1n) is 6.26. The summed E-state index contributed by atoms with van der Waals surface area (Å²) in [7, 11) is 0. The minimum absolute atomic E-state index is 0.0336. The highest BCUT2D eigenvalue weighted by atomic mass is 32.1. The lowest BCUT2D eigenvalue weighted by Gasteiger charge is -2.15. The van der Waals surface area contributed by atoms with Crippen LogP contribution in [0.4, 0.5) is 5.69 Å². The molecule has 2 heterocycles. The number of hydrogen-bond donors (Lipinski definition) is 2. The van der Waals surface area contributed by atoms with Gasteiger partial charge >= 0.3 is 5.97 Å². The summed E-state index contributed by atoms with van der Waals surface area (Å²) in [6.45, 7) is 5.51. The van der Waals surface area contributed by atoms with E-state index in [9.17, 15) is 10.1 Å². The Kier molecular flexibility index (Phi) is 4.19. The Hall–Kier alpha value is -2.46. The molecule has 0 saturated heterocycles. The van der Waals surface area contributed by atoms with Crippen LogP contribution in [0.3, 0.4) is 0 Å². The first kappa shape index (κ1) is 14.9. The Balaban J connectivity index is 2.29. The zero-order chi connectivity index (χ0) is 15.6. The second-order valence-electron chi connectivity index (χ2n) is 4.63. The summed E-state index contributed by atoms with van der Waals surface area (Å²) >= 11 is 1.27. The number of nitriles is 1. The van der Waals surface area contributed by atoms with Crippen LogP contribution >= 0.6 is 11.3 Å². The Morgan fingerprint density at radius 1 is 1.48 bits per heavy atom. The average molecular weight is 302 g/mol. The van der Waals surface area contributed by atoms with Gasteiger partial charge in [0.15, 0.2) is 5.69 Å². The number of nitrogens with zero attached hydrogens (tertiary/aromatic N) is 3. The number of anilines is 1. The second kappa shape index (κ2) is 5.89. The van der Waals surface area contributed by atoms with Crippen LogP contribution in [-0.2, 0) is 0 Å². The van der Waals surface area contributed by atoms with Crippen LogP contribution in [0, 0.1) is 25.2 Å². The fraction of sp³-hybridized carbons (Fsp3) is 0.286. The van der Waals surface area contributed by atoms with Crippen molar-refractivity contribution in [2.24, 2.45) is 0 Å².